The number of carbonyl (C=O) groups is 1. The average Bonchev–Trinajstić information content (AvgIpc) is 2.80. The summed E-state index contributed by atoms with van der Waals surface area (Å²) in [4.78, 5) is 45.4. The maximum Gasteiger partial charge on any atom is 0.328 e. The molecule has 32 heavy (non-hydrogen) atoms. The fraction of sp³-hybridized carbons (Fsp3) is 0.318. The van der Waals surface area contributed by atoms with Crippen LogP contribution in [-0.4, -0.2) is 39.9 Å². The van der Waals surface area contributed by atoms with Crippen molar-refractivity contribution >= 4 is 22.4 Å². The Balaban J connectivity index is 1.42. The molecule has 0 unspecified atom stereocenters. The Morgan fingerprint density at radius 2 is 1.84 bits per heavy atom. The maximum absolute atomic E-state index is 13.1. The molecule has 0 spiro atoms. The van der Waals surface area contributed by atoms with Crippen molar-refractivity contribution in [3.63, 3.8) is 0 Å². The third kappa shape index (κ3) is 4.46. The van der Waals surface area contributed by atoms with Gasteiger partial charge in [0.15, 0.2) is 5.78 Å². The number of benzene rings is 2. The predicted molar refractivity (Wildman–Crippen MR) is 118 cm³/mol. The summed E-state index contributed by atoms with van der Waals surface area (Å²) < 4.78 is 14.2. The second-order valence-corrected chi connectivity index (χ2v) is 7.79. The van der Waals surface area contributed by atoms with Gasteiger partial charge in [0.2, 0.25) is 0 Å². The second-order valence-electron chi connectivity index (χ2n) is 7.79. The minimum atomic E-state index is -0.500. The molecule has 4 rings (SSSR count). The molecule has 3 aromatic rings. The van der Waals surface area contributed by atoms with Crippen LogP contribution in [0, 0.1) is 11.7 Å². The summed E-state index contributed by atoms with van der Waals surface area (Å²) in [5.41, 5.74) is 8.84. The summed E-state index contributed by atoms with van der Waals surface area (Å²) >= 11 is 0. The van der Waals surface area contributed by atoms with Crippen molar-refractivity contribution in [2.75, 3.05) is 19.6 Å². The topological polar surface area (TPSA) is 124 Å². The van der Waals surface area contributed by atoms with Crippen molar-refractivity contribution < 1.29 is 9.18 Å². The Morgan fingerprint density at radius 1 is 1.12 bits per heavy atom. The van der Waals surface area contributed by atoms with E-state index in [9.17, 15) is 18.8 Å². The van der Waals surface area contributed by atoms with Gasteiger partial charge in [0, 0.05) is 35.2 Å². The van der Waals surface area contributed by atoms with E-state index in [-0.39, 0.29) is 29.4 Å². The van der Waals surface area contributed by atoms with Crippen LogP contribution in [0.4, 0.5) is 10.1 Å². The number of nitrogens with zero attached hydrogens (tertiary/aromatic N) is 5. The van der Waals surface area contributed by atoms with Gasteiger partial charge in [-0.1, -0.05) is 11.2 Å². The highest BCUT2D eigenvalue weighted by molar-refractivity contribution is 5.97. The summed E-state index contributed by atoms with van der Waals surface area (Å²) in [6, 6.07) is 10.1. The van der Waals surface area contributed by atoms with Crippen molar-refractivity contribution in [1.29, 1.82) is 0 Å². The van der Waals surface area contributed by atoms with Gasteiger partial charge in [-0.25, -0.2) is 9.18 Å². The van der Waals surface area contributed by atoms with E-state index in [1.165, 1.54) is 42.5 Å². The summed E-state index contributed by atoms with van der Waals surface area (Å²) in [5, 5.41) is 3.78. The van der Waals surface area contributed by atoms with Gasteiger partial charge in [-0.05, 0) is 67.9 Å². The zero-order chi connectivity index (χ0) is 22.7. The van der Waals surface area contributed by atoms with E-state index in [2.05, 4.69) is 19.9 Å². The normalized spacial score (nSPS) is 14.9. The molecular formula is C22H21FN6O3. The lowest BCUT2D eigenvalue weighted by Gasteiger charge is -2.31. The standard InChI is InChI=1S/C22H21FN6O3/c23-16-3-1-14(2-4-16)20(30)15-7-9-28(10-8-15)11-12-29-21(31)18-13-17(26-27-24)5-6-19(18)25-22(29)32/h1-6,13,15H,7-12H2,(H,25,32). The number of hydrogen-bond donors (Lipinski definition) is 1. The van der Waals surface area contributed by atoms with E-state index in [4.69, 9.17) is 5.53 Å². The maximum atomic E-state index is 13.1. The molecule has 0 radical (unpaired) electrons. The zero-order valence-electron chi connectivity index (χ0n) is 17.2. The highest BCUT2D eigenvalue weighted by atomic mass is 19.1. The highest BCUT2D eigenvalue weighted by Crippen LogP contribution is 2.22. The molecule has 1 aromatic heterocycles. The molecule has 0 saturated carbocycles. The molecule has 2 aromatic carbocycles. The SMILES string of the molecule is [N-]=[N+]=Nc1ccc2[nH]c(=O)n(CCN3CCC(C(=O)c4ccc(F)cc4)CC3)c(=O)c2c1. The Labute approximate surface area is 181 Å². The van der Waals surface area contributed by atoms with Crippen LogP contribution >= 0.6 is 0 Å². The second kappa shape index (κ2) is 9.17. The smallest absolute Gasteiger partial charge is 0.307 e. The molecule has 0 aliphatic carbocycles. The third-order valence-corrected chi connectivity index (χ3v) is 5.85. The van der Waals surface area contributed by atoms with Gasteiger partial charge >= 0.3 is 5.69 Å². The number of likely N-dealkylation sites (tertiary alicyclic amines) is 1. The number of H-pyrrole nitrogens is 1. The predicted octanol–water partition coefficient (Wildman–Crippen LogP) is 3.37. The molecule has 0 amide bonds. The molecule has 1 aliphatic rings. The van der Waals surface area contributed by atoms with Gasteiger partial charge < -0.3 is 9.88 Å². The quantitative estimate of drug-likeness (QED) is 0.275. The van der Waals surface area contributed by atoms with Crippen LogP contribution in [0.15, 0.2) is 57.2 Å². The number of rotatable bonds is 6. The van der Waals surface area contributed by atoms with Crippen molar-refractivity contribution in [2.24, 2.45) is 11.0 Å². The number of ketones is 1. The van der Waals surface area contributed by atoms with Gasteiger partial charge in [-0.2, -0.15) is 0 Å². The Hall–Kier alpha value is -3.75. The molecule has 9 nitrogen and oxygen atoms in total. The van der Waals surface area contributed by atoms with Crippen molar-refractivity contribution in [3.05, 3.63) is 85.1 Å². The summed E-state index contributed by atoms with van der Waals surface area (Å²) in [6.07, 6.45) is 1.32. The van der Waals surface area contributed by atoms with E-state index in [0.717, 1.165) is 4.57 Å². The number of aromatic nitrogens is 2. The number of halogens is 1. The van der Waals surface area contributed by atoms with Gasteiger partial charge in [-0.3, -0.25) is 14.2 Å². The summed E-state index contributed by atoms with van der Waals surface area (Å²) in [6.45, 7) is 2.02. The third-order valence-electron chi connectivity index (χ3n) is 5.85. The Kier molecular flexibility index (Phi) is 6.16. The fourth-order valence-corrected chi connectivity index (χ4v) is 4.07. The lowest BCUT2D eigenvalue weighted by Crippen LogP contribution is -2.42. The van der Waals surface area contributed by atoms with Crippen molar-refractivity contribution in [2.45, 2.75) is 19.4 Å². The molecule has 0 atom stereocenters. The minimum absolute atomic E-state index is 0.0164. The number of piperidine rings is 1. The number of Topliss-reactive ketones (excluding diaryl/α,β-unsaturated/α-hetero) is 1. The number of nitrogens with one attached hydrogen (secondary N) is 1. The molecule has 1 saturated heterocycles. The Bertz CT molecular complexity index is 1320. The van der Waals surface area contributed by atoms with E-state index >= 15 is 0 Å². The molecule has 10 heteroatoms. The van der Waals surface area contributed by atoms with Gasteiger partial charge in [-0.15, -0.1) is 0 Å². The van der Waals surface area contributed by atoms with Crippen LogP contribution in [0.25, 0.3) is 21.3 Å². The van der Waals surface area contributed by atoms with Gasteiger partial charge in [0.05, 0.1) is 10.9 Å². The first kappa shape index (κ1) is 21.5. The van der Waals surface area contributed by atoms with Crippen LogP contribution in [0.2, 0.25) is 0 Å². The highest BCUT2D eigenvalue weighted by Gasteiger charge is 2.25. The molecule has 1 aliphatic heterocycles. The number of hydrogen-bond acceptors (Lipinski definition) is 5. The molecule has 0 bridgehead atoms. The number of aromatic amines is 1. The largest absolute Gasteiger partial charge is 0.328 e. The van der Waals surface area contributed by atoms with Crippen molar-refractivity contribution in [3.8, 4) is 0 Å². The van der Waals surface area contributed by atoms with E-state index in [1.807, 2.05) is 0 Å². The first-order valence-electron chi connectivity index (χ1n) is 10.3. The van der Waals surface area contributed by atoms with Gasteiger partial charge in [0.25, 0.3) is 5.56 Å². The van der Waals surface area contributed by atoms with Crippen molar-refractivity contribution in [1.82, 2.24) is 14.5 Å². The zero-order valence-corrected chi connectivity index (χ0v) is 17.2. The molecule has 1 fully saturated rings. The molecular weight excluding hydrogens is 415 g/mol. The van der Waals surface area contributed by atoms with Crippen LogP contribution in [0.5, 0.6) is 0 Å². The number of azide groups is 1. The fourth-order valence-electron chi connectivity index (χ4n) is 4.07. The lowest BCUT2D eigenvalue weighted by atomic mass is 9.89. The van der Waals surface area contributed by atoms with Crippen LogP contribution in [0.3, 0.4) is 0 Å². The molecule has 2 heterocycles. The summed E-state index contributed by atoms with van der Waals surface area (Å²) in [5.74, 6) is -0.477. The van der Waals surface area contributed by atoms with E-state index in [1.54, 1.807) is 0 Å². The van der Waals surface area contributed by atoms with E-state index < -0.39 is 11.2 Å². The minimum Gasteiger partial charge on any atom is -0.307 e. The Morgan fingerprint density at radius 3 is 2.53 bits per heavy atom. The molecule has 164 valence electrons. The van der Waals surface area contributed by atoms with Crippen LogP contribution < -0.4 is 11.2 Å². The first-order chi connectivity index (χ1) is 15.5. The van der Waals surface area contributed by atoms with Gasteiger partial charge in [0.1, 0.15) is 5.82 Å². The number of fused-ring (bicyclic) bond motifs is 1. The monoisotopic (exact) mass is 436 g/mol. The molecule has 1 N–H and O–H groups in total. The lowest BCUT2D eigenvalue weighted by molar-refractivity contribution is 0.0837. The van der Waals surface area contributed by atoms with Crippen LogP contribution in [-0.2, 0) is 6.54 Å². The summed E-state index contributed by atoms with van der Waals surface area (Å²) in [7, 11) is 0. The van der Waals surface area contributed by atoms with E-state index in [0.29, 0.717) is 49.2 Å². The average molecular weight is 436 g/mol. The first-order valence-corrected chi connectivity index (χ1v) is 10.3. The van der Waals surface area contributed by atoms with Crippen LogP contribution in [0.1, 0.15) is 23.2 Å². The number of carbonyl (C=O) groups excluding carboxylic acids is 1.